The van der Waals surface area contributed by atoms with Crippen LogP contribution in [0.5, 0.6) is 5.75 Å². The number of piperidine rings is 1. The van der Waals surface area contributed by atoms with Gasteiger partial charge in [-0.3, -0.25) is 4.98 Å². The molecule has 0 radical (unpaired) electrons. The van der Waals surface area contributed by atoms with Crippen LogP contribution < -0.4 is 10.1 Å². The highest BCUT2D eigenvalue weighted by Gasteiger charge is 2.33. The van der Waals surface area contributed by atoms with Gasteiger partial charge in [-0.1, -0.05) is 19.9 Å². The van der Waals surface area contributed by atoms with Crippen molar-refractivity contribution in [3.05, 3.63) is 47.8 Å². The zero-order valence-electron chi connectivity index (χ0n) is 18.3. The van der Waals surface area contributed by atoms with Crippen molar-refractivity contribution in [2.75, 3.05) is 38.6 Å². The molecule has 1 aromatic heterocycles. The Bertz CT molecular complexity index is 961. The lowest BCUT2D eigenvalue weighted by Gasteiger charge is -2.35. The van der Waals surface area contributed by atoms with Gasteiger partial charge in [0, 0.05) is 60.9 Å². The van der Waals surface area contributed by atoms with Crippen LogP contribution in [0.1, 0.15) is 44.0 Å². The molecule has 2 heterocycles. The highest BCUT2D eigenvalue weighted by atomic mass is 32.2. The van der Waals surface area contributed by atoms with Gasteiger partial charge in [-0.05, 0) is 44.0 Å². The Morgan fingerprint density at radius 1 is 1.20 bits per heavy atom. The number of nitrogens with zero attached hydrogens (tertiary/aromatic N) is 3. The van der Waals surface area contributed by atoms with Crippen molar-refractivity contribution in [3.8, 4) is 5.75 Å². The summed E-state index contributed by atoms with van der Waals surface area (Å²) in [5, 5.41) is 3.42. The maximum atomic E-state index is 13.0. The average molecular weight is 433 g/mol. The Morgan fingerprint density at radius 3 is 2.67 bits per heavy atom. The summed E-state index contributed by atoms with van der Waals surface area (Å²) >= 11 is 0. The smallest absolute Gasteiger partial charge is 0.281 e. The van der Waals surface area contributed by atoms with Crippen molar-refractivity contribution < 1.29 is 13.2 Å². The molecule has 1 N–H and O–H groups in total. The Balaban J connectivity index is 1.81. The molecule has 0 saturated carbocycles. The SMILES string of the molecule is CCN(CC)S(=O)(=O)N1CCCC(c2cc(Nc3cccc(OC)c3)cc(C)n2)C1. The number of aromatic nitrogens is 1. The summed E-state index contributed by atoms with van der Waals surface area (Å²) in [6.45, 7) is 7.72. The standard InChI is InChI=1S/C22H32N4O3S/c1-5-25(6-2)30(27,28)26-12-8-9-18(16-26)22-15-20(13-17(3)23-22)24-19-10-7-11-21(14-19)29-4/h7,10-11,13-15,18H,5-6,8-9,12,16H2,1-4H3,(H,23,24). The highest BCUT2D eigenvalue weighted by molar-refractivity contribution is 7.86. The van der Waals surface area contributed by atoms with Crippen molar-refractivity contribution in [3.63, 3.8) is 0 Å². The van der Waals surface area contributed by atoms with Gasteiger partial charge >= 0.3 is 0 Å². The van der Waals surface area contributed by atoms with Gasteiger partial charge in [0.05, 0.1) is 7.11 Å². The van der Waals surface area contributed by atoms with Crippen LogP contribution in [-0.4, -0.2) is 55.3 Å². The molecule has 1 aromatic carbocycles. The summed E-state index contributed by atoms with van der Waals surface area (Å²) in [7, 11) is -1.78. The number of pyridine rings is 1. The van der Waals surface area contributed by atoms with Gasteiger partial charge in [0.25, 0.3) is 10.2 Å². The molecule has 1 fully saturated rings. The topological polar surface area (TPSA) is 74.8 Å². The minimum absolute atomic E-state index is 0.0786. The van der Waals surface area contributed by atoms with Gasteiger partial charge in [0.2, 0.25) is 0 Å². The van der Waals surface area contributed by atoms with E-state index in [1.165, 1.54) is 4.31 Å². The van der Waals surface area contributed by atoms with Crippen molar-refractivity contribution in [1.82, 2.24) is 13.6 Å². The Kier molecular flexibility index (Phi) is 7.33. The molecule has 0 bridgehead atoms. The van der Waals surface area contributed by atoms with E-state index < -0.39 is 10.2 Å². The van der Waals surface area contributed by atoms with Crippen molar-refractivity contribution in [2.24, 2.45) is 0 Å². The van der Waals surface area contributed by atoms with Crippen molar-refractivity contribution >= 4 is 21.6 Å². The first kappa shape index (κ1) is 22.5. The molecule has 164 valence electrons. The Hall–Kier alpha value is -2.16. The quantitative estimate of drug-likeness (QED) is 0.685. The molecule has 30 heavy (non-hydrogen) atoms. The van der Waals surface area contributed by atoms with Gasteiger partial charge < -0.3 is 10.1 Å². The van der Waals surface area contributed by atoms with E-state index >= 15 is 0 Å². The molecule has 1 unspecified atom stereocenters. The first-order valence-electron chi connectivity index (χ1n) is 10.5. The van der Waals surface area contributed by atoms with Crippen molar-refractivity contribution in [1.29, 1.82) is 0 Å². The van der Waals surface area contributed by atoms with Gasteiger partial charge in [0.15, 0.2) is 0 Å². The number of benzene rings is 1. The largest absolute Gasteiger partial charge is 0.497 e. The number of hydrogen-bond acceptors (Lipinski definition) is 5. The third-order valence-corrected chi connectivity index (χ3v) is 7.65. The fraction of sp³-hybridized carbons (Fsp3) is 0.500. The van der Waals surface area contributed by atoms with Crippen LogP contribution in [0, 0.1) is 6.92 Å². The number of aryl methyl sites for hydroxylation is 1. The summed E-state index contributed by atoms with van der Waals surface area (Å²) in [5.74, 6) is 0.866. The van der Waals surface area contributed by atoms with Crippen LogP contribution in [0.25, 0.3) is 0 Å². The first-order chi connectivity index (χ1) is 14.4. The molecule has 8 heteroatoms. The lowest BCUT2D eigenvalue weighted by molar-refractivity contribution is 0.285. The fourth-order valence-corrected chi connectivity index (χ4v) is 5.66. The van der Waals surface area contributed by atoms with E-state index in [0.717, 1.165) is 41.4 Å². The van der Waals surface area contributed by atoms with Crippen LogP contribution >= 0.6 is 0 Å². The van der Waals surface area contributed by atoms with Crippen LogP contribution in [0.4, 0.5) is 11.4 Å². The summed E-state index contributed by atoms with van der Waals surface area (Å²) in [6.07, 6.45) is 1.76. The zero-order chi connectivity index (χ0) is 21.7. The lowest BCUT2D eigenvalue weighted by Crippen LogP contribution is -2.47. The number of rotatable bonds is 8. The predicted molar refractivity (Wildman–Crippen MR) is 121 cm³/mol. The van der Waals surface area contributed by atoms with E-state index in [1.807, 2.05) is 57.2 Å². The minimum atomic E-state index is -3.43. The van der Waals surface area contributed by atoms with E-state index in [9.17, 15) is 8.42 Å². The summed E-state index contributed by atoms with van der Waals surface area (Å²) in [5.41, 5.74) is 3.70. The van der Waals surface area contributed by atoms with Crippen LogP contribution in [0.15, 0.2) is 36.4 Å². The summed E-state index contributed by atoms with van der Waals surface area (Å²) in [6, 6.07) is 11.8. The minimum Gasteiger partial charge on any atom is -0.497 e. The molecule has 3 rings (SSSR count). The zero-order valence-corrected chi connectivity index (χ0v) is 19.1. The van der Waals surface area contributed by atoms with Gasteiger partial charge in [-0.25, -0.2) is 0 Å². The average Bonchev–Trinajstić information content (AvgIpc) is 2.74. The van der Waals surface area contributed by atoms with Gasteiger partial charge in [-0.2, -0.15) is 17.0 Å². The molecular weight excluding hydrogens is 400 g/mol. The lowest BCUT2D eigenvalue weighted by atomic mass is 9.95. The molecule has 2 aromatic rings. The summed E-state index contributed by atoms with van der Waals surface area (Å²) in [4.78, 5) is 4.73. The van der Waals surface area contributed by atoms with Crippen LogP contribution in [-0.2, 0) is 10.2 Å². The van der Waals surface area contributed by atoms with E-state index in [1.54, 1.807) is 11.4 Å². The van der Waals surface area contributed by atoms with Crippen LogP contribution in [0.2, 0.25) is 0 Å². The molecule has 0 aliphatic carbocycles. The monoisotopic (exact) mass is 432 g/mol. The number of methoxy groups -OCH3 is 1. The molecule has 1 saturated heterocycles. The normalized spacial score (nSPS) is 17.8. The van der Waals surface area contributed by atoms with E-state index in [0.29, 0.717) is 26.2 Å². The number of anilines is 2. The molecule has 0 amide bonds. The molecular formula is C22H32N4O3S. The third-order valence-electron chi connectivity index (χ3n) is 5.49. The van der Waals surface area contributed by atoms with E-state index in [2.05, 4.69) is 5.32 Å². The number of nitrogens with one attached hydrogen (secondary N) is 1. The second-order valence-electron chi connectivity index (χ2n) is 7.57. The van der Waals surface area contributed by atoms with Crippen LogP contribution in [0.3, 0.4) is 0 Å². The van der Waals surface area contributed by atoms with Gasteiger partial charge in [0.1, 0.15) is 5.75 Å². The van der Waals surface area contributed by atoms with Gasteiger partial charge in [-0.15, -0.1) is 0 Å². The Labute approximate surface area is 180 Å². The van der Waals surface area contributed by atoms with E-state index in [4.69, 9.17) is 9.72 Å². The second-order valence-corrected chi connectivity index (χ2v) is 9.50. The maximum absolute atomic E-state index is 13.0. The first-order valence-corrected chi connectivity index (χ1v) is 11.9. The molecule has 1 atom stereocenters. The second kappa shape index (κ2) is 9.76. The number of ether oxygens (including phenoxy) is 1. The highest BCUT2D eigenvalue weighted by Crippen LogP contribution is 2.31. The molecule has 1 aliphatic rings. The molecule has 7 nitrogen and oxygen atoms in total. The predicted octanol–water partition coefficient (Wildman–Crippen LogP) is 3.91. The fourth-order valence-electron chi connectivity index (χ4n) is 3.95. The summed E-state index contributed by atoms with van der Waals surface area (Å²) < 4.78 is 34.4. The Morgan fingerprint density at radius 2 is 1.97 bits per heavy atom. The number of hydrogen-bond donors (Lipinski definition) is 1. The third kappa shape index (κ3) is 5.11. The van der Waals surface area contributed by atoms with Crippen molar-refractivity contribution in [2.45, 2.75) is 39.5 Å². The van der Waals surface area contributed by atoms with E-state index in [-0.39, 0.29) is 5.92 Å². The molecule has 1 aliphatic heterocycles. The maximum Gasteiger partial charge on any atom is 0.281 e. The molecule has 0 spiro atoms.